The van der Waals surface area contributed by atoms with E-state index in [9.17, 15) is 14.2 Å². The Balaban J connectivity index is 2.54. The molecule has 0 aliphatic rings. The van der Waals surface area contributed by atoms with Gasteiger partial charge in [-0.2, -0.15) is 0 Å². The van der Waals surface area contributed by atoms with Crippen LogP contribution in [-0.2, 0) is 4.57 Å². The summed E-state index contributed by atoms with van der Waals surface area (Å²) in [7, 11) is -4.77. The molecule has 2 N–H and O–H groups in total. The first-order chi connectivity index (χ1) is 8.29. The van der Waals surface area contributed by atoms with Gasteiger partial charge >= 0.3 is 7.60 Å². The molecule has 7 heteroatoms. The molecule has 1 aromatic heterocycles. The maximum Gasteiger partial charge on any atom is 0.396 e. The first-order valence-electron chi connectivity index (χ1n) is 4.94. The highest BCUT2D eigenvalue weighted by molar-refractivity contribution is 7.70. The minimum Gasteiger partial charge on any atom is -0.319 e. The van der Waals surface area contributed by atoms with Crippen LogP contribution in [0.15, 0.2) is 24.3 Å². The van der Waals surface area contributed by atoms with Gasteiger partial charge in [0.05, 0.1) is 4.88 Å². The van der Waals surface area contributed by atoms with Crippen LogP contribution >= 0.6 is 18.9 Å². The van der Waals surface area contributed by atoms with Crippen LogP contribution in [0.25, 0.3) is 10.1 Å². The van der Waals surface area contributed by atoms with Crippen molar-refractivity contribution in [3.05, 3.63) is 34.7 Å². The number of benzene rings is 1. The Bertz CT molecular complexity index is 697. The molecule has 0 radical (unpaired) electrons. The molecule has 0 unspecified atom stereocenters. The molecule has 0 bridgehead atoms. The Morgan fingerprint density at radius 2 is 1.89 bits per heavy atom. The van der Waals surface area contributed by atoms with Crippen molar-refractivity contribution in [2.45, 2.75) is 6.92 Å². The van der Waals surface area contributed by atoms with Crippen LogP contribution in [0.5, 0.6) is 0 Å². The molecule has 0 amide bonds. The number of rotatable bonds is 3. The molecule has 0 aliphatic carbocycles. The lowest BCUT2D eigenvalue weighted by molar-refractivity contribution is 0.102. The monoisotopic (exact) mass is 284 g/mol. The van der Waals surface area contributed by atoms with Crippen molar-refractivity contribution in [2.75, 3.05) is 0 Å². The highest BCUT2D eigenvalue weighted by Crippen LogP contribution is 2.40. The first kappa shape index (κ1) is 13.1. The summed E-state index contributed by atoms with van der Waals surface area (Å²) in [4.78, 5) is 40.8. The summed E-state index contributed by atoms with van der Waals surface area (Å²) in [6, 6.07) is 5.93. The zero-order valence-electron chi connectivity index (χ0n) is 9.28. The number of Topliss-reactive ketones (excluding diaryl/α,β-unsaturated/α-hetero) is 1. The van der Waals surface area contributed by atoms with Gasteiger partial charge in [0.1, 0.15) is 0 Å². The number of carbonyl (C=O) groups is 2. The fourth-order valence-corrected chi connectivity index (χ4v) is 2.93. The van der Waals surface area contributed by atoms with Gasteiger partial charge in [0.15, 0.2) is 5.78 Å². The van der Waals surface area contributed by atoms with Gasteiger partial charge in [0, 0.05) is 10.3 Å². The van der Waals surface area contributed by atoms with Gasteiger partial charge in [-0.25, -0.2) is 0 Å². The number of thiophene rings is 1. The minimum atomic E-state index is -4.77. The van der Waals surface area contributed by atoms with Crippen LogP contribution in [0.3, 0.4) is 0 Å². The molecule has 5 nitrogen and oxygen atoms in total. The van der Waals surface area contributed by atoms with Crippen molar-refractivity contribution < 1.29 is 23.9 Å². The van der Waals surface area contributed by atoms with Gasteiger partial charge in [-0.1, -0.05) is 0 Å². The lowest BCUT2D eigenvalue weighted by atomic mass is 10.2. The van der Waals surface area contributed by atoms with Crippen LogP contribution in [0.1, 0.15) is 27.0 Å². The smallest absolute Gasteiger partial charge is 0.319 e. The van der Waals surface area contributed by atoms with E-state index in [2.05, 4.69) is 0 Å². The predicted octanol–water partition coefficient (Wildman–Crippen LogP) is 2.42. The topological polar surface area (TPSA) is 91.7 Å². The van der Waals surface area contributed by atoms with Crippen molar-refractivity contribution in [2.24, 2.45) is 0 Å². The molecule has 1 heterocycles. The van der Waals surface area contributed by atoms with Gasteiger partial charge in [-0.05, 0) is 36.6 Å². The van der Waals surface area contributed by atoms with Crippen molar-refractivity contribution in [1.82, 2.24) is 0 Å². The molecule has 2 aromatic rings. The maximum atomic E-state index is 11.4. The molecule has 0 aliphatic heterocycles. The second kappa shape index (κ2) is 4.40. The summed E-state index contributed by atoms with van der Waals surface area (Å²) in [6.07, 6.45) is 0. The second-order valence-corrected chi connectivity index (χ2v) is 6.35. The van der Waals surface area contributed by atoms with Crippen molar-refractivity contribution >= 4 is 40.3 Å². The summed E-state index contributed by atoms with van der Waals surface area (Å²) >= 11 is 1.28. The molecular weight excluding hydrogens is 275 g/mol. The molecule has 94 valence electrons. The summed E-state index contributed by atoms with van der Waals surface area (Å²) in [5.74, 6) is -0.0842. The zero-order chi connectivity index (χ0) is 13.5. The van der Waals surface area contributed by atoms with Crippen molar-refractivity contribution in [3.63, 3.8) is 0 Å². The van der Waals surface area contributed by atoms with Crippen molar-refractivity contribution in [1.29, 1.82) is 0 Å². The van der Waals surface area contributed by atoms with Gasteiger partial charge in [-0.15, -0.1) is 11.3 Å². The van der Waals surface area contributed by atoms with Crippen LogP contribution in [0, 0.1) is 0 Å². The van der Waals surface area contributed by atoms with E-state index in [1.54, 1.807) is 12.1 Å². The maximum absolute atomic E-state index is 11.4. The Kier molecular flexibility index (Phi) is 3.21. The van der Waals surface area contributed by atoms with Crippen molar-refractivity contribution in [3.8, 4) is 0 Å². The van der Waals surface area contributed by atoms with Gasteiger partial charge in [-0.3, -0.25) is 14.2 Å². The molecule has 1 aromatic carbocycles. The highest BCUT2D eigenvalue weighted by Gasteiger charge is 2.27. The fraction of sp³-hybridized carbons (Fsp3) is 0.0909. The molecule has 0 saturated heterocycles. The van der Waals surface area contributed by atoms with E-state index in [0.717, 1.165) is 4.70 Å². The highest BCUT2D eigenvalue weighted by atomic mass is 32.1. The van der Waals surface area contributed by atoms with E-state index >= 15 is 0 Å². The normalized spacial score (nSPS) is 11.7. The minimum absolute atomic E-state index is 0.0521. The van der Waals surface area contributed by atoms with Crippen LogP contribution in [-0.4, -0.2) is 21.1 Å². The van der Waals surface area contributed by atoms with E-state index < -0.39 is 13.1 Å². The van der Waals surface area contributed by atoms with E-state index in [0.29, 0.717) is 10.3 Å². The third-order valence-electron chi connectivity index (χ3n) is 2.37. The summed E-state index contributed by atoms with van der Waals surface area (Å²) in [6.45, 7) is 1.44. The predicted molar refractivity (Wildman–Crippen MR) is 68.2 cm³/mol. The number of hydrogen-bond acceptors (Lipinski definition) is 4. The molecule has 0 spiro atoms. The van der Waals surface area contributed by atoms with Crippen LogP contribution < -0.4 is 0 Å². The van der Waals surface area contributed by atoms with Gasteiger partial charge in [0.2, 0.25) is 0 Å². The number of hydrogen-bond donors (Lipinski definition) is 2. The van der Waals surface area contributed by atoms with E-state index in [4.69, 9.17) is 9.79 Å². The fourth-order valence-electron chi connectivity index (χ4n) is 1.52. The van der Waals surface area contributed by atoms with Crippen LogP contribution in [0.4, 0.5) is 0 Å². The average Bonchev–Trinajstić information content (AvgIpc) is 2.69. The second-order valence-electron chi connectivity index (χ2n) is 3.77. The first-order valence-corrected chi connectivity index (χ1v) is 7.37. The van der Waals surface area contributed by atoms with Gasteiger partial charge in [0.25, 0.3) is 5.52 Å². The number of ketones is 1. The Morgan fingerprint density at radius 1 is 1.22 bits per heavy atom. The Labute approximate surface area is 106 Å². The quantitative estimate of drug-likeness (QED) is 0.667. The zero-order valence-corrected chi connectivity index (χ0v) is 11.0. The molecule has 18 heavy (non-hydrogen) atoms. The van der Waals surface area contributed by atoms with E-state index in [1.165, 1.54) is 30.4 Å². The Hall–Kier alpha value is -1.33. The summed E-state index contributed by atoms with van der Waals surface area (Å²) in [5, 5.41) is 0.629. The molecule has 0 fully saturated rings. The average molecular weight is 284 g/mol. The summed E-state index contributed by atoms with van der Waals surface area (Å²) in [5.41, 5.74) is -1.26. The standard InChI is InChI=1S/C11H9O5PS/c1-6(12)10-5-8-4-7(2-3-9(8)18-10)11(13)17(14,15)16/h2-5H,1H3,(H2,14,15,16). The molecule has 0 saturated carbocycles. The third-order valence-corrected chi connectivity index (χ3v) is 4.38. The lowest BCUT2D eigenvalue weighted by Gasteiger charge is -2.02. The van der Waals surface area contributed by atoms with Gasteiger partial charge < -0.3 is 9.79 Å². The lowest BCUT2D eigenvalue weighted by Crippen LogP contribution is -1.99. The SMILES string of the molecule is CC(=O)c1cc2cc(C(=O)P(=O)(O)O)ccc2s1. The Morgan fingerprint density at radius 3 is 2.44 bits per heavy atom. The van der Waals surface area contributed by atoms with E-state index in [-0.39, 0.29) is 11.3 Å². The number of carbonyl (C=O) groups excluding carboxylic acids is 2. The van der Waals surface area contributed by atoms with Crippen LogP contribution in [0.2, 0.25) is 0 Å². The number of fused-ring (bicyclic) bond motifs is 1. The summed E-state index contributed by atoms with van der Waals surface area (Å²) < 4.78 is 11.7. The molecular formula is C11H9O5PS. The largest absolute Gasteiger partial charge is 0.396 e. The molecule has 2 rings (SSSR count). The van der Waals surface area contributed by atoms with E-state index in [1.807, 2.05) is 0 Å². The molecule has 0 atom stereocenters. The third kappa shape index (κ3) is 2.42.